The van der Waals surface area contributed by atoms with Crippen molar-refractivity contribution in [1.82, 2.24) is 5.43 Å². The predicted molar refractivity (Wildman–Crippen MR) is 107 cm³/mol. The summed E-state index contributed by atoms with van der Waals surface area (Å²) in [5, 5.41) is 13.4. The molecule has 2 N–H and O–H groups in total. The largest absolute Gasteiger partial charge is 0.508 e. The van der Waals surface area contributed by atoms with Gasteiger partial charge in [0.15, 0.2) is 11.5 Å². The SMILES string of the molecule is COc1cc(C=NNC(=O)c2cccc(O)c2)ccc1OCc1ccccc1. The van der Waals surface area contributed by atoms with Crippen molar-refractivity contribution in [3.05, 3.63) is 89.5 Å². The highest BCUT2D eigenvalue weighted by Crippen LogP contribution is 2.28. The molecule has 0 spiro atoms. The molecular weight excluding hydrogens is 356 g/mol. The normalized spacial score (nSPS) is 10.6. The number of methoxy groups -OCH3 is 1. The summed E-state index contributed by atoms with van der Waals surface area (Å²) in [6, 6.07) is 21.3. The molecule has 6 nitrogen and oxygen atoms in total. The van der Waals surface area contributed by atoms with Gasteiger partial charge < -0.3 is 14.6 Å². The zero-order chi connectivity index (χ0) is 19.8. The number of nitrogens with one attached hydrogen (secondary N) is 1. The highest BCUT2D eigenvalue weighted by Gasteiger charge is 2.07. The fraction of sp³-hybridized carbons (Fsp3) is 0.0909. The number of aromatic hydroxyl groups is 1. The van der Waals surface area contributed by atoms with E-state index in [1.807, 2.05) is 36.4 Å². The first kappa shape index (κ1) is 19.0. The zero-order valence-corrected chi connectivity index (χ0v) is 15.3. The summed E-state index contributed by atoms with van der Waals surface area (Å²) < 4.78 is 11.2. The van der Waals surface area contributed by atoms with E-state index in [1.165, 1.54) is 18.3 Å². The monoisotopic (exact) mass is 376 g/mol. The average molecular weight is 376 g/mol. The topological polar surface area (TPSA) is 80.2 Å². The van der Waals surface area contributed by atoms with Gasteiger partial charge in [0.1, 0.15) is 12.4 Å². The third-order valence-corrected chi connectivity index (χ3v) is 3.91. The summed E-state index contributed by atoms with van der Waals surface area (Å²) in [6.45, 7) is 0.435. The first-order chi connectivity index (χ1) is 13.7. The van der Waals surface area contributed by atoms with E-state index in [9.17, 15) is 9.90 Å². The number of ether oxygens (including phenoxy) is 2. The van der Waals surface area contributed by atoms with Gasteiger partial charge in [-0.1, -0.05) is 36.4 Å². The zero-order valence-electron chi connectivity index (χ0n) is 15.3. The molecule has 3 rings (SSSR count). The van der Waals surface area contributed by atoms with Crippen LogP contribution in [0.3, 0.4) is 0 Å². The smallest absolute Gasteiger partial charge is 0.271 e. The highest BCUT2D eigenvalue weighted by molar-refractivity contribution is 5.95. The quantitative estimate of drug-likeness (QED) is 0.486. The minimum atomic E-state index is -0.415. The minimum Gasteiger partial charge on any atom is -0.508 e. The molecule has 0 radical (unpaired) electrons. The molecule has 0 aliphatic carbocycles. The molecule has 0 aromatic heterocycles. The van der Waals surface area contributed by atoms with Crippen molar-refractivity contribution in [1.29, 1.82) is 0 Å². The molecule has 0 unspecified atom stereocenters. The summed E-state index contributed by atoms with van der Waals surface area (Å²) >= 11 is 0. The molecule has 0 aliphatic rings. The van der Waals surface area contributed by atoms with E-state index in [0.717, 1.165) is 11.1 Å². The van der Waals surface area contributed by atoms with Crippen molar-refractivity contribution in [3.8, 4) is 17.2 Å². The predicted octanol–water partition coefficient (Wildman–Crippen LogP) is 3.74. The Bertz CT molecular complexity index is 971. The minimum absolute atomic E-state index is 0.0208. The number of amides is 1. The molecule has 0 saturated carbocycles. The van der Waals surface area contributed by atoms with E-state index in [2.05, 4.69) is 10.5 Å². The van der Waals surface area contributed by atoms with Crippen LogP contribution in [0.15, 0.2) is 77.9 Å². The lowest BCUT2D eigenvalue weighted by atomic mass is 10.2. The maximum atomic E-state index is 12.0. The maximum Gasteiger partial charge on any atom is 0.271 e. The van der Waals surface area contributed by atoms with Crippen LogP contribution in [0.4, 0.5) is 0 Å². The summed E-state index contributed by atoms with van der Waals surface area (Å²) in [5.41, 5.74) is 4.54. The standard InChI is InChI=1S/C22H20N2O4/c1-27-21-12-17(10-11-20(21)28-15-16-6-3-2-4-7-16)14-23-24-22(26)18-8-5-9-19(25)13-18/h2-14,25H,15H2,1H3,(H,24,26). The molecular formula is C22H20N2O4. The van der Waals surface area contributed by atoms with Gasteiger partial charge in [0.05, 0.1) is 13.3 Å². The van der Waals surface area contributed by atoms with Crippen molar-refractivity contribution in [3.63, 3.8) is 0 Å². The molecule has 0 atom stereocenters. The van der Waals surface area contributed by atoms with E-state index in [-0.39, 0.29) is 5.75 Å². The molecule has 6 heteroatoms. The van der Waals surface area contributed by atoms with Crippen LogP contribution < -0.4 is 14.9 Å². The molecule has 142 valence electrons. The highest BCUT2D eigenvalue weighted by atomic mass is 16.5. The van der Waals surface area contributed by atoms with Gasteiger partial charge >= 0.3 is 0 Å². The van der Waals surface area contributed by atoms with Gasteiger partial charge in [0, 0.05) is 5.56 Å². The Morgan fingerprint density at radius 3 is 2.61 bits per heavy atom. The summed E-state index contributed by atoms with van der Waals surface area (Å²) in [6.07, 6.45) is 1.50. The Hall–Kier alpha value is -3.80. The second kappa shape index (κ2) is 9.23. The third-order valence-electron chi connectivity index (χ3n) is 3.91. The van der Waals surface area contributed by atoms with Crippen LogP contribution in [0.5, 0.6) is 17.2 Å². The van der Waals surface area contributed by atoms with Crippen LogP contribution in [-0.2, 0) is 6.61 Å². The number of carbonyl (C=O) groups is 1. The number of carbonyl (C=O) groups excluding carboxylic acids is 1. The Labute approximate surface area is 163 Å². The molecule has 0 fully saturated rings. The maximum absolute atomic E-state index is 12.0. The summed E-state index contributed by atoms with van der Waals surface area (Å²) in [7, 11) is 1.56. The van der Waals surface area contributed by atoms with Gasteiger partial charge in [-0.3, -0.25) is 4.79 Å². The molecule has 0 aliphatic heterocycles. The Morgan fingerprint density at radius 2 is 1.86 bits per heavy atom. The van der Waals surface area contributed by atoms with Crippen LogP contribution in [0.25, 0.3) is 0 Å². The van der Waals surface area contributed by atoms with Crippen molar-refractivity contribution < 1.29 is 19.4 Å². The number of hydrazone groups is 1. The first-order valence-corrected chi connectivity index (χ1v) is 8.63. The second-order valence-corrected chi connectivity index (χ2v) is 5.93. The Balaban J connectivity index is 1.62. The van der Waals surface area contributed by atoms with Gasteiger partial charge in [0.2, 0.25) is 0 Å². The van der Waals surface area contributed by atoms with E-state index in [0.29, 0.717) is 23.7 Å². The lowest BCUT2D eigenvalue weighted by molar-refractivity contribution is 0.0954. The first-order valence-electron chi connectivity index (χ1n) is 8.63. The van der Waals surface area contributed by atoms with Crippen LogP contribution in [-0.4, -0.2) is 24.3 Å². The van der Waals surface area contributed by atoms with Gasteiger partial charge in [-0.15, -0.1) is 0 Å². The van der Waals surface area contributed by atoms with Crippen molar-refractivity contribution in [2.45, 2.75) is 6.61 Å². The lowest BCUT2D eigenvalue weighted by Crippen LogP contribution is -2.17. The number of benzene rings is 3. The number of rotatable bonds is 7. The van der Waals surface area contributed by atoms with Crippen molar-refractivity contribution in [2.75, 3.05) is 7.11 Å². The molecule has 0 saturated heterocycles. The lowest BCUT2D eigenvalue weighted by Gasteiger charge is -2.11. The fourth-order valence-corrected chi connectivity index (χ4v) is 2.50. The molecule has 0 bridgehead atoms. The van der Waals surface area contributed by atoms with E-state index < -0.39 is 5.91 Å². The molecule has 28 heavy (non-hydrogen) atoms. The van der Waals surface area contributed by atoms with E-state index >= 15 is 0 Å². The average Bonchev–Trinajstić information content (AvgIpc) is 2.73. The van der Waals surface area contributed by atoms with Crippen molar-refractivity contribution in [2.24, 2.45) is 5.10 Å². The second-order valence-electron chi connectivity index (χ2n) is 5.93. The van der Waals surface area contributed by atoms with E-state index in [1.54, 1.807) is 31.4 Å². The van der Waals surface area contributed by atoms with Gasteiger partial charge in [-0.2, -0.15) is 5.10 Å². The number of hydrogen-bond acceptors (Lipinski definition) is 5. The number of phenols is 1. The molecule has 0 heterocycles. The molecule has 1 amide bonds. The summed E-state index contributed by atoms with van der Waals surface area (Å²) in [4.78, 5) is 12.0. The Morgan fingerprint density at radius 1 is 1.04 bits per heavy atom. The Kier molecular flexibility index (Phi) is 6.25. The van der Waals surface area contributed by atoms with E-state index in [4.69, 9.17) is 9.47 Å². The van der Waals surface area contributed by atoms with Crippen molar-refractivity contribution >= 4 is 12.1 Å². The number of hydrogen-bond donors (Lipinski definition) is 2. The summed E-state index contributed by atoms with van der Waals surface area (Å²) in [5.74, 6) is 0.792. The van der Waals surface area contributed by atoms with Crippen LogP contribution in [0.2, 0.25) is 0 Å². The fourth-order valence-electron chi connectivity index (χ4n) is 2.50. The molecule has 3 aromatic rings. The van der Waals surface area contributed by atoms with Crippen LogP contribution in [0.1, 0.15) is 21.5 Å². The van der Waals surface area contributed by atoms with Gasteiger partial charge in [0.25, 0.3) is 5.91 Å². The number of nitrogens with zero attached hydrogens (tertiary/aromatic N) is 1. The van der Waals surface area contributed by atoms with Crippen LogP contribution in [0, 0.1) is 0 Å². The van der Waals surface area contributed by atoms with Gasteiger partial charge in [-0.05, 0) is 47.5 Å². The molecule has 3 aromatic carbocycles. The van der Waals surface area contributed by atoms with Gasteiger partial charge in [-0.25, -0.2) is 5.43 Å². The number of phenolic OH excluding ortho intramolecular Hbond substituents is 1. The van der Waals surface area contributed by atoms with Crippen LogP contribution >= 0.6 is 0 Å². The third kappa shape index (κ3) is 5.11.